The molecule has 1 saturated heterocycles. The second kappa shape index (κ2) is 4.42. The van der Waals surface area contributed by atoms with Gasteiger partial charge in [0.1, 0.15) is 0 Å². The van der Waals surface area contributed by atoms with Gasteiger partial charge < -0.3 is 15.1 Å². The number of aliphatic hydroxyl groups excluding tert-OH is 2. The van der Waals surface area contributed by atoms with E-state index in [1.807, 2.05) is 0 Å². The Kier molecular flexibility index (Phi) is 3.49. The average molecular weight is 173 g/mol. The van der Waals surface area contributed by atoms with Crippen LogP contribution in [0.2, 0.25) is 0 Å². The van der Waals surface area contributed by atoms with Gasteiger partial charge in [0.15, 0.2) is 6.10 Å². The maximum atomic E-state index is 11.2. The van der Waals surface area contributed by atoms with E-state index >= 15 is 0 Å². The molecule has 4 heteroatoms. The van der Waals surface area contributed by atoms with Gasteiger partial charge in [0, 0.05) is 13.1 Å². The number of likely N-dealkylation sites (tertiary alicyclic amines) is 1. The minimum atomic E-state index is -1.22. The first-order valence-corrected chi connectivity index (χ1v) is 4.33. The number of hydrogen-bond acceptors (Lipinski definition) is 3. The van der Waals surface area contributed by atoms with Crippen molar-refractivity contribution in [1.82, 2.24) is 4.90 Å². The van der Waals surface area contributed by atoms with Crippen molar-refractivity contribution in [3.05, 3.63) is 0 Å². The quantitative estimate of drug-likeness (QED) is 0.583. The van der Waals surface area contributed by atoms with Crippen LogP contribution in [0.4, 0.5) is 0 Å². The van der Waals surface area contributed by atoms with Crippen molar-refractivity contribution < 1.29 is 15.0 Å². The smallest absolute Gasteiger partial charge is 0.253 e. The van der Waals surface area contributed by atoms with Gasteiger partial charge in [-0.05, 0) is 19.3 Å². The van der Waals surface area contributed by atoms with Gasteiger partial charge in [-0.2, -0.15) is 0 Å². The first-order valence-electron chi connectivity index (χ1n) is 4.33. The van der Waals surface area contributed by atoms with E-state index in [9.17, 15) is 4.79 Å². The minimum absolute atomic E-state index is 0.336. The molecule has 1 aliphatic rings. The third-order valence-corrected chi connectivity index (χ3v) is 2.13. The Morgan fingerprint density at radius 1 is 1.33 bits per heavy atom. The molecule has 1 heterocycles. The Bertz CT molecular complexity index is 154. The molecule has 0 aliphatic carbocycles. The zero-order chi connectivity index (χ0) is 8.97. The third kappa shape index (κ3) is 2.19. The number of hydrogen-bond donors (Lipinski definition) is 2. The van der Waals surface area contributed by atoms with Crippen molar-refractivity contribution in [3.8, 4) is 0 Å². The molecular formula is C8H15NO3. The van der Waals surface area contributed by atoms with Gasteiger partial charge in [-0.15, -0.1) is 0 Å². The second-order valence-corrected chi connectivity index (χ2v) is 3.08. The molecule has 2 N–H and O–H groups in total. The van der Waals surface area contributed by atoms with Crippen LogP contribution in [0, 0.1) is 0 Å². The predicted octanol–water partition coefficient (Wildman–Crippen LogP) is -0.648. The summed E-state index contributed by atoms with van der Waals surface area (Å²) in [6, 6.07) is 0. The molecule has 0 aromatic rings. The summed E-state index contributed by atoms with van der Waals surface area (Å²) in [4.78, 5) is 12.9. The molecular weight excluding hydrogens is 158 g/mol. The summed E-state index contributed by atoms with van der Waals surface area (Å²) in [5.74, 6) is -0.336. The SMILES string of the molecule is O=C(C(O)CO)N1CCCCC1. The highest BCUT2D eigenvalue weighted by Crippen LogP contribution is 2.09. The van der Waals surface area contributed by atoms with Crippen molar-refractivity contribution in [2.45, 2.75) is 25.4 Å². The average Bonchev–Trinajstić information content (AvgIpc) is 2.17. The molecule has 1 atom stereocenters. The molecule has 0 radical (unpaired) electrons. The van der Waals surface area contributed by atoms with Crippen LogP contribution in [0.1, 0.15) is 19.3 Å². The number of aliphatic hydroxyl groups is 2. The Morgan fingerprint density at radius 2 is 1.92 bits per heavy atom. The summed E-state index contributed by atoms with van der Waals surface area (Å²) < 4.78 is 0. The van der Waals surface area contributed by atoms with E-state index in [-0.39, 0.29) is 5.91 Å². The van der Waals surface area contributed by atoms with Crippen molar-refractivity contribution in [1.29, 1.82) is 0 Å². The van der Waals surface area contributed by atoms with Crippen molar-refractivity contribution in [3.63, 3.8) is 0 Å². The monoisotopic (exact) mass is 173 g/mol. The predicted molar refractivity (Wildman–Crippen MR) is 43.5 cm³/mol. The maximum Gasteiger partial charge on any atom is 0.253 e. The van der Waals surface area contributed by atoms with Crippen LogP contribution in [-0.4, -0.2) is 46.8 Å². The topological polar surface area (TPSA) is 60.8 Å². The van der Waals surface area contributed by atoms with Gasteiger partial charge in [0.05, 0.1) is 6.61 Å². The van der Waals surface area contributed by atoms with Crippen LogP contribution in [0.15, 0.2) is 0 Å². The fraction of sp³-hybridized carbons (Fsp3) is 0.875. The second-order valence-electron chi connectivity index (χ2n) is 3.08. The van der Waals surface area contributed by atoms with Gasteiger partial charge in [-0.1, -0.05) is 0 Å². The van der Waals surface area contributed by atoms with Gasteiger partial charge in [-0.25, -0.2) is 0 Å². The molecule has 70 valence electrons. The van der Waals surface area contributed by atoms with Crippen molar-refractivity contribution in [2.24, 2.45) is 0 Å². The summed E-state index contributed by atoms with van der Waals surface area (Å²) in [6.45, 7) is 0.959. The summed E-state index contributed by atoms with van der Waals surface area (Å²) in [6.07, 6.45) is 1.94. The molecule has 0 bridgehead atoms. The van der Waals surface area contributed by atoms with E-state index in [1.165, 1.54) is 0 Å². The molecule has 1 aliphatic heterocycles. The van der Waals surface area contributed by atoms with Crippen LogP contribution in [-0.2, 0) is 4.79 Å². The molecule has 0 saturated carbocycles. The first kappa shape index (κ1) is 9.48. The molecule has 0 aromatic heterocycles. The van der Waals surface area contributed by atoms with E-state index < -0.39 is 12.7 Å². The Hall–Kier alpha value is -0.610. The van der Waals surface area contributed by atoms with E-state index in [2.05, 4.69) is 0 Å². The van der Waals surface area contributed by atoms with E-state index in [0.717, 1.165) is 32.4 Å². The standard InChI is InChI=1S/C8H15NO3/c10-6-7(11)8(12)9-4-2-1-3-5-9/h7,10-11H,1-6H2. The lowest BCUT2D eigenvalue weighted by atomic mass is 10.1. The lowest BCUT2D eigenvalue weighted by molar-refractivity contribution is -0.143. The lowest BCUT2D eigenvalue weighted by Crippen LogP contribution is -2.43. The Balaban J connectivity index is 2.39. The lowest BCUT2D eigenvalue weighted by Gasteiger charge is -2.28. The number of carbonyl (C=O) groups excluding carboxylic acids is 1. The van der Waals surface area contributed by atoms with Crippen molar-refractivity contribution >= 4 is 5.91 Å². The molecule has 1 rings (SSSR count). The molecule has 1 unspecified atom stereocenters. The number of carbonyl (C=O) groups is 1. The molecule has 1 fully saturated rings. The maximum absolute atomic E-state index is 11.2. The largest absolute Gasteiger partial charge is 0.393 e. The highest BCUT2D eigenvalue weighted by molar-refractivity contribution is 5.80. The molecule has 12 heavy (non-hydrogen) atoms. The third-order valence-electron chi connectivity index (χ3n) is 2.13. The molecule has 4 nitrogen and oxygen atoms in total. The van der Waals surface area contributed by atoms with E-state index in [0.29, 0.717) is 0 Å². The Labute approximate surface area is 71.8 Å². The number of rotatable bonds is 2. The van der Waals surface area contributed by atoms with Crippen molar-refractivity contribution in [2.75, 3.05) is 19.7 Å². The zero-order valence-corrected chi connectivity index (χ0v) is 7.07. The van der Waals surface area contributed by atoms with Gasteiger partial charge in [0.25, 0.3) is 5.91 Å². The van der Waals surface area contributed by atoms with Crippen LogP contribution < -0.4 is 0 Å². The van der Waals surface area contributed by atoms with E-state index in [1.54, 1.807) is 4.90 Å². The summed E-state index contributed by atoms with van der Waals surface area (Å²) in [5.41, 5.74) is 0. The number of piperidine rings is 1. The Morgan fingerprint density at radius 3 is 2.42 bits per heavy atom. The zero-order valence-electron chi connectivity index (χ0n) is 7.07. The fourth-order valence-electron chi connectivity index (χ4n) is 1.40. The summed E-state index contributed by atoms with van der Waals surface area (Å²) in [5, 5.41) is 17.6. The summed E-state index contributed by atoms with van der Waals surface area (Å²) >= 11 is 0. The van der Waals surface area contributed by atoms with Crippen LogP contribution in [0.5, 0.6) is 0 Å². The fourth-order valence-corrected chi connectivity index (χ4v) is 1.40. The molecule has 1 amide bonds. The van der Waals surface area contributed by atoms with Crippen LogP contribution >= 0.6 is 0 Å². The molecule has 0 spiro atoms. The summed E-state index contributed by atoms with van der Waals surface area (Å²) in [7, 11) is 0. The first-order chi connectivity index (χ1) is 5.75. The molecule has 0 aromatic carbocycles. The number of nitrogens with zero attached hydrogens (tertiary/aromatic N) is 1. The minimum Gasteiger partial charge on any atom is -0.393 e. The van der Waals surface area contributed by atoms with Crippen LogP contribution in [0.3, 0.4) is 0 Å². The highest BCUT2D eigenvalue weighted by atomic mass is 16.3. The van der Waals surface area contributed by atoms with Crippen LogP contribution in [0.25, 0.3) is 0 Å². The van der Waals surface area contributed by atoms with E-state index in [4.69, 9.17) is 10.2 Å². The number of amides is 1. The van der Waals surface area contributed by atoms with Gasteiger partial charge in [0.2, 0.25) is 0 Å². The van der Waals surface area contributed by atoms with Gasteiger partial charge in [-0.3, -0.25) is 4.79 Å². The highest BCUT2D eigenvalue weighted by Gasteiger charge is 2.22. The normalized spacial score (nSPS) is 20.7. The van der Waals surface area contributed by atoms with Gasteiger partial charge >= 0.3 is 0 Å².